The minimum absolute atomic E-state index is 0.169. The molecule has 3 atom stereocenters. The van der Waals surface area contributed by atoms with Gasteiger partial charge >= 0.3 is 0 Å². The minimum Gasteiger partial charge on any atom is -0.494 e. The van der Waals surface area contributed by atoms with Crippen LogP contribution in [0.1, 0.15) is 43.0 Å². The van der Waals surface area contributed by atoms with Gasteiger partial charge in [0.2, 0.25) is 0 Å². The number of hydrogen-bond acceptors (Lipinski definition) is 3. The average molecular weight is 286 g/mol. The second-order valence-electron chi connectivity index (χ2n) is 6.02. The Labute approximate surface area is 125 Å². The lowest BCUT2D eigenvalue weighted by atomic mass is 9.90. The molecule has 1 aromatic rings. The Morgan fingerprint density at radius 3 is 2.76 bits per heavy atom. The molecule has 0 aliphatic heterocycles. The fourth-order valence-corrected chi connectivity index (χ4v) is 3.60. The molecule has 2 saturated carbocycles. The first kappa shape index (κ1) is 14.1. The molecule has 21 heavy (non-hydrogen) atoms. The Bertz CT molecular complexity index is 524. The second-order valence-corrected chi connectivity index (χ2v) is 6.02. The van der Waals surface area contributed by atoms with E-state index in [-0.39, 0.29) is 5.91 Å². The molecule has 2 bridgehead atoms. The molecule has 2 aliphatic carbocycles. The third-order valence-electron chi connectivity index (χ3n) is 4.65. The zero-order chi connectivity index (χ0) is 14.7. The molecule has 2 aliphatic rings. The number of carbonyl (C=O) groups is 1. The molecule has 0 spiro atoms. The van der Waals surface area contributed by atoms with E-state index in [1.165, 1.54) is 25.7 Å². The maximum absolute atomic E-state index is 12.0. The van der Waals surface area contributed by atoms with Crippen LogP contribution in [0.4, 0.5) is 0 Å². The number of amides is 1. The van der Waals surface area contributed by atoms with E-state index in [1.807, 2.05) is 13.1 Å². The first-order valence-electron chi connectivity index (χ1n) is 7.82. The molecule has 0 heterocycles. The lowest BCUT2D eigenvalue weighted by Crippen LogP contribution is -2.20. The monoisotopic (exact) mass is 286 g/mol. The van der Waals surface area contributed by atoms with E-state index >= 15 is 0 Å². The molecule has 112 valence electrons. The van der Waals surface area contributed by atoms with Gasteiger partial charge in [-0.3, -0.25) is 4.79 Å². The lowest BCUT2D eigenvalue weighted by molar-refractivity contribution is 0.0955. The highest BCUT2D eigenvalue weighted by Crippen LogP contribution is 2.47. The van der Waals surface area contributed by atoms with Gasteiger partial charge in [0.05, 0.1) is 6.61 Å². The Kier molecular flexibility index (Phi) is 4.23. The fraction of sp³-hybridized carbons (Fsp3) is 0.529. The Morgan fingerprint density at radius 2 is 2.14 bits per heavy atom. The van der Waals surface area contributed by atoms with Crippen LogP contribution < -0.4 is 10.2 Å². The van der Waals surface area contributed by atoms with Crippen LogP contribution >= 0.6 is 0 Å². The third kappa shape index (κ3) is 3.26. The fourth-order valence-electron chi connectivity index (χ4n) is 3.60. The van der Waals surface area contributed by atoms with Crippen molar-refractivity contribution in [3.8, 4) is 5.75 Å². The molecule has 3 unspecified atom stereocenters. The topological polar surface area (TPSA) is 50.7 Å². The van der Waals surface area contributed by atoms with Crippen LogP contribution in [0.25, 0.3) is 0 Å². The lowest BCUT2D eigenvalue weighted by Gasteiger charge is -2.16. The predicted octanol–water partition coefficient (Wildman–Crippen LogP) is 3.24. The van der Waals surface area contributed by atoms with Crippen molar-refractivity contribution in [2.24, 2.45) is 22.9 Å². The summed E-state index contributed by atoms with van der Waals surface area (Å²) in [5.74, 6) is 2.86. The molecule has 0 aromatic heterocycles. The van der Waals surface area contributed by atoms with Crippen molar-refractivity contribution >= 4 is 12.1 Å². The summed E-state index contributed by atoms with van der Waals surface area (Å²) in [5.41, 5.74) is 3.23. The number of benzene rings is 1. The van der Waals surface area contributed by atoms with Gasteiger partial charge in [-0.15, -0.1) is 0 Å². The van der Waals surface area contributed by atoms with E-state index < -0.39 is 0 Å². The van der Waals surface area contributed by atoms with E-state index in [2.05, 4.69) is 10.5 Å². The van der Waals surface area contributed by atoms with Gasteiger partial charge in [-0.05, 0) is 68.2 Å². The van der Waals surface area contributed by atoms with Crippen LogP contribution in [0.5, 0.6) is 5.75 Å². The molecular formula is C17H22N2O2. The van der Waals surface area contributed by atoms with Crippen LogP contribution in [0.2, 0.25) is 0 Å². The van der Waals surface area contributed by atoms with Crippen LogP contribution in [0.3, 0.4) is 0 Å². The highest BCUT2D eigenvalue weighted by Gasteiger charge is 2.38. The summed E-state index contributed by atoms with van der Waals surface area (Å²) in [5, 5.41) is 4.15. The summed E-state index contributed by atoms with van der Waals surface area (Å²) in [4.78, 5) is 12.0. The Balaban J connectivity index is 1.51. The molecular weight excluding hydrogens is 264 g/mol. The van der Waals surface area contributed by atoms with Crippen molar-refractivity contribution < 1.29 is 9.53 Å². The summed E-state index contributed by atoms with van der Waals surface area (Å²) in [6.45, 7) is 2.56. The number of hydrogen-bond donors (Lipinski definition) is 1. The van der Waals surface area contributed by atoms with Crippen LogP contribution in [-0.4, -0.2) is 18.7 Å². The minimum atomic E-state index is -0.169. The van der Waals surface area contributed by atoms with E-state index in [9.17, 15) is 4.79 Å². The van der Waals surface area contributed by atoms with Crippen molar-refractivity contribution in [3.05, 3.63) is 29.8 Å². The molecule has 0 radical (unpaired) electrons. The number of nitrogens with one attached hydrogen (secondary N) is 1. The number of hydrazone groups is 1. The maximum Gasteiger partial charge on any atom is 0.271 e. The smallest absolute Gasteiger partial charge is 0.271 e. The van der Waals surface area contributed by atoms with Gasteiger partial charge in [0, 0.05) is 11.8 Å². The van der Waals surface area contributed by atoms with Crippen LogP contribution in [-0.2, 0) is 0 Å². The zero-order valence-corrected chi connectivity index (χ0v) is 12.4. The van der Waals surface area contributed by atoms with E-state index in [1.54, 1.807) is 24.3 Å². The standard InChI is InChI=1S/C17H22N2O2/c1-2-21-16-7-5-13(6-8-16)17(20)19-18-11-15-10-12-3-4-14(15)9-12/h5-8,11-12,14-15H,2-4,9-10H2,1H3,(H,19,20). The van der Waals surface area contributed by atoms with Crippen molar-refractivity contribution in [1.29, 1.82) is 0 Å². The molecule has 2 fully saturated rings. The molecule has 4 nitrogen and oxygen atoms in total. The number of rotatable bonds is 5. The molecule has 1 N–H and O–H groups in total. The highest BCUT2D eigenvalue weighted by atomic mass is 16.5. The molecule has 0 saturated heterocycles. The normalized spacial score (nSPS) is 27.2. The highest BCUT2D eigenvalue weighted by molar-refractivity contribution is 5.94. The first-order chi connectivity index (χ1) is 10.3. The average Bonchev–Trinajstić information content (AvgIpc) is 3.11. The van der Waals surface area contributed by atoms with Gasteiger partial charge < -0.3 is 4.74 Å². The number of carbonyl (C=O) groups excluding carboxylic acids is 1. The van der Waals surface area contributed by atoms with Gasteiger partial charge in [-0.2, -0.15) is 5.10 Å². The summed E-state index contributed by atoms with van der Waals surface area (Å²) in [7, 11) is 0. The quantitative estimate of drug-likeness (QED) is 0.667. The number of fused-ring (bicyclic) bond motifs is 2. The van der Waals surface area contributed by atoms with E-state index in [0.29, 0.717) is 18.1 Å². The SMILES string of the molecule is CCOc1ccc(C(=O)NN=CC2CC3CCC2C3)cc1. The number of nitrogens with zero attached hydrogens (tertiary/aromatic N) is 1. The Morgan fingerprint density at radius 1 is 1.33 bits per heavy atom. The summed E-state index contributed by atoms with van der Waals surface area (Å²) in [6, 6.07) is 7.12. The molecule has 3 rings (SSSR count). The largest absolute Gasteiger partial charge is 0.494 e. The summed E-state index contributed by atoms with van der Waals surface area (Å²) in [6.07, 6.45) is 7.24. The van der Waals surface area contributed by atoms with Crippen molar-refractivity contribution in [1.82, 2.24) is 5.43 Å². The summed E-state index contributed by atoms with van der Waals surface area (Å²) < 4.78 is 5.36. The van der Waals surface area contributed by atoms with Crippen molar-refractivity contribution in [3.63, 3.8) is 0 Å². The van der Waals surface area contributed by atoms with E-state index in [4.69, 9.17) is 4.74 Å². The van der Waals surface area contributed by atoms with Crippen molar-refractivity contribution in [2.75, 3.05) is 6.61 Å². The molecule has 1 aromatic carbocycles. The van der Waals surface area contributed by atoms with Gasteiger partial charge in [0.1, 0.15) is 5.75 Å². The summed E-state index contributed by atoms with van der Waals surface area (Å²) >= 11 is 0. The van der Waals surface area contributed by atoms with Crippen LogP contribution in [0, 0.1) is 17.8 Å². The number of ether oxygens (including phenoxy) is 1. The van der Waals surface area contributed by atoms with Gasteiger partial charge in [-0.1, -0.05) is 6.42 Å². The molecule has 4 heteroatoms. The first-order valence-corrected chi connectivity index (χ1v) is 7.82. The van der Waals surface area contributed by atoms with Crippen LogP contribution in [0.15, 0.2) is 29.4 Å². The van der Waals surface area contributed by atoms with Gasteiger partial charge in [0.25, 0.3) is 5.91 Å². The predicted molar refractivity (Wildman–Crippen MR) is 82.5 cm³/mol. The van der Waals surface area contributed by atoms with Gasteiger partial charge in [0.15, 0.2) is 0 Å². The second kappa shape index (κ2) is 6.29. The Hall–Kier alpha value is -1.84. The third-order valence-corrected chi connectivity index (χ3v) is 4.65. The van der Waals surface area contributed by atoms with Gasteiger partial charge in [-0.25, -0.2) is 5.43 Å². The van der Waals surface area contributed by atoms with E-state index in [0.717, 1.165) is 17.6 Å². The maximum atomic E-state index is 12.0. The van der Waals surface area contributed by atoms with Crippen molar-refractivity contribution in [2.45, 2.75) is 32.6 Å². The molecule has 1 amide bonds. The zero-order valence-electron chi connectivity index (χ0n) is 12.4.